The van der Waals surface area contributed by atoms with Gasteiger partial charge in [0.25, 0.3) is 0 Å². The standard InChI is InChI=1S/C10H11FN2/c1-12-7-3-2-4-10-6-5-9(11)8-13-10/h5-6,8,12H,3,7H2,1H3. The quantitative estimate of drug-likeness (QED) is 0.543. The summed E-state index contributed by atoms with van der Waals surface area (Å²) in [4.78, 5) is 3.81. The first-order valence-electron chi connectivity index (χ1n) is 4.08. The first-order chi connectivity index (χ1) is 6.33. The average Bonchev–Trinajstić information content (AvgIpc) is 2.15. The highest BCUT2D eigenvalue weighted by molar-refractivity contribution is 5.26. The molecule has 0 spiro atoms. The predicted molar refractivity (Wildman–Crippen MR) is 49.6 cm³/mol. The lowest BCUT2D eigenvalue weighted by Gasteiger charge is -1.89. The van der Waals surface area contributed by atoms with Crippen molar-refractivity contribution in [3.8, 4) is 11.8 Å². The lowest BCUT2D eigenvalue weighted by Crippen LogP contribution is -2.05. The van der Waals surface area contributed by atoms with Gasteiger partial charge in [0.2, 0.25) is 0 Å². The van der Waals surface area contributed by atoms with Gasteiger partial charge in [-0.25, -0.2) is 9.37 Å². The number of rotatable bonds is 2. The number of aromatic nitrogens is 1. The zero-order valence-electron chi connectivity index (χ0n) is 7.47. The molecule has 0 radical (unpaired) electrons. The van der Waals surface area contributed by atoms with E-state index in [0.717, 1.165) is 13.0 Å². The Balaban J connectivity index is 2.52. The van der Waals surface area contributed by atoms with Gasteiger partial charge in [-0.15, -0.1) is 0 Å². The van der Waals surface area contributed by atoms with Gasteiger partial charge < -0.3 is 5.32 Å². The number of halogens is 1. The molecule has 1 aromatic rings. The van der Waals surface area contributed by atoms with E-state index in [1.165, 1.54) is 12.3 Å². The van der Waals surface area contributed by atoms with E-state index in [1.54, 1.807) is 6.07 Å². The van der Waals surface area contributed by atoms with Crippen LogP contribution in [0.5, 0.6) is 0 Å². The van der Waals surface area contributed by atoms with Crippen LogP contribution in [-0.2, 0) is 0 Å². The molecule has 0 aliphatic heterocycles. The number of pyridine rings is 1. The maximum atomic E-state index is 12.4. The second kappa shape index (κ2) is 5.28. The summed E-state index contributed by atoms with van der Waals surface area (Å²) in [5, 5.41) is 2.98. The van der Waals surface area contributed by atoms with Crippen LogP contribution in [0.3, 0.4) is 0 Å². The Hall–Kier alpha value is -1.40. The Kier molecular flexibility index (Phi) is 3.94. The molecule has 0 amide bonds. The van der Waals surface area contributed by atoms with E-state index in [9.17, 15) is 4.39 Å². The van der Waals surface area contributed by atoms with Crippen molar-refractivity contribution in [3.05, 3.63) is 29.8 Å². The van der Waals surface area contributed by atoms with Gasteiger partial charge in [0.1, 0.15) is 11.5 Å². The first-order valence-corrected chi connectivity index (χ1v) is 4.08. The van der Waals surface area contributed by atoms with E-state index >= 15 is 0 Å². The fraction of sp³-hybridized carbons (Fsp3) is 0.300. The lowest BCUT2D eigenvalue weighted by molar-refractivity contribution is 0.621. The first kappa shape index (κ1) is 9.69. The third kappa shape index (κ3) is 3.68. The molecule has 1 rings (SSSR count). The largest absolute Gasteiger partial charge is 0.319 e. The van der Waals surface area contributed by atoms with Crippen LogP contribution in [0.15, 0.2) is 18.3 Å². The van der Waals surface area contributed by atoms with E-state index in [1.807, 2.05) is 7.05 Å². The summed E-state index contributed by atoms with van der Waals surface area (Å²) in [6.45, 7) is 0.855. The van der Waals surface area contributed by atoms with E-state index < -0.39 is 0 Å². The minimum Gasteiger partial charge on any atom is -0.319 e. The molecule has 0 unspecified atom stereocenters. The van der Waals surface area contributed by atoms with Crippen LogP contribution in [-0.4, -0.2) is 18.6 Å². The van der Waals surface area contributed by atoms with Crippen LogP contribution in [0, 0.1) is 17.7 Å². The summed E-state index contributed by atoms with van der Waals surface area (Å²) < 4.78 is 12.4. The monoisotopic (exact) mass is 178 g/mol. The second-order valence-electron chi connectivity index (χ2n) is 2.52. The number of nitrogens with one attached hydrogen (secondary N) is 1. The molecule has 2 nitrogen and oxygen atoms in total. The zero-order valence-corrected chi connectivity index (χ0v) is 7.47. The number of nitrogens with zero attached hydrogens (tertiary/aromatic N) is 1. The Morgan fingerprint density at radius 1 is 1.54 bits per heavy atom. The molecule has 13 heavy (non-hydrogen) atoms. The fourth-order valence-electron chi connectivity index (χ4n) is 0.790. The second-order valence-corrected chi connectivity index (χ2v) is 2.52. The highest BCUT2D eigenvalue weighted by atomic mass is 19.1. The molecule has 0 aromatic carbocycles. The lowest BCUT2D eigenvalue weighted by atomic mass is 10.3. The van der Waals surface area contributed by atoms with Crippen molar-refractivity contribution in [2.24, 2.45) is 0 Å². The smallest absolute Gasteiger partial charge is 0.141 e. The molecule has 0 fully saturated rings. The Morgan fingerprint density at radius 3 is 3.00 bits per heavy atom. The molecular weight excluding hydrogens is 167 g/mol. The summed E-state index contributed by atoms with van der Waals surface area (Å²) in [5.74, 6) is 5.43. The molecule has 1 heterocycles. The molecule has 0 bridgehead atoms. The van der Waals surface area contributed by atoms with Crippen molar-refractivity contribution in [1.82, 2.24) is 10.3 Å². The summed E-state index contributed by atoms with van der Waals surface area (Å²) in [5.41, 5.74) is 0.609. The van der Waals surface area contributed by atoms with Gasteiger partial charge in [-0.3, -0.25) is 0 Å². The highest BCUT2D eigenvalue weighted by Gasteiger charge is 1.88. The summed E-state index contributed by atoms with van der Waals surface area (Å²) >= 11 is 0. The number of hydrogen-bond acceptors (Lipinski definition) is 2. The SMILES string of the molecule is CNCCC#Cc1ccc(F)cn1. The van der Waals surface area contributed by atoms with Crippen LogP contribution in [0.4, 0.5) is 4.39 Å². The molecule has 0 atom stereocenters. The molecule has 68 valence electrons. The predicted octanol–water partition coefficient (Wildman–Crippen LogP) is 1.18. The van der Waals surface area contributed by atoms with Gasteiger partial charge >= 0.3 is 0 Å². The van der Waals surface area contributed by atoms with E-state index in [-0.39, 0.29) is 5.82 Å². The van der Waals surface area contributed by atoms with Crippen molar-refractivity contribution in [2.45, 2.75) is 6.42 Å². The third-order valence-electron chi connectivity index (χ3n) is 1.44. The zero-order chi connectivity index (χ0) is 9.52. The maximum absolute atomic E-state index is 12.4. The maximum Gasteiger partial charge on any atom is 0.141 e. The molecule has 1 aromatic heterocycles. The topological polar surface area (TPSA) is 24.9 Å². The molecular formula is C10H11FN2. The Labute approximate surface area is 77.2 Å². The van der Waals surface area contributed by atoms with Crippen LogP contribution < -0.4 is 5.32 Å². The molecule has 0 saturated carbocycles. The van der Waals surface area contributed by atoms with Crippen molar-refractivity contribution in [3.63, 3.8) is 0 Å². The number of hydrogen-bond donors (Lipinski definition) is 1. The Morgan fingerprint density at radius 2 is 2.38 bits per heavy atom. The van der Waals surface area contributed by atoms with E-state index in [0.29, 0.717) is 5.69 Å². The summed E-state index contributed by atoms with van der Waals surface area (Å²) in [7, 11) is 1.87. The Bertz CT molecular complexity index is 308. The normalized spacial score (nSPS) is 9.08. The van der Waals surface area contributed by atoms with Crippen molar-refractivity contribution < 1.29 is 4.39 Å². The molecule has 0 aliphatic rings. The van der Waals surface area contributed by atoms with Crippen LogP contribution in [0.1, 0.15) is 12.1 Å². The molecule has 3 heteroatoms. The third-order valence-corrected chi connectivity index (χ3v) is 1.44. The van der Waals surface area contributed by atoms with E-state index in [4.69, 9.17) is 0 Å². The minimum atomic E-state index is -0.333. The van der Waals surface area contributed by atoms with Crippen molar-refractivity contribution in [1.29, 1.82) is 0 Å². The summed E-state index contributed by atoms with van der Waals surface area (Å²) in [6.07, 6.45) is 1.94. The van der Waals surface area contributed by atoms with Crippen molar-refractivity contribution in [2.75, 3.05) is 13.6 Å². The van der Waals surface area contributed by atoms with Crippen LogP contribution >= 0.6 is 0 Å². The van der Waals surface area contributed by atoms with Gasteiger partial charge in [0.15, 0.2) is 0 Å². The van der Waals surface area contributed by atoms with Gasteiger partial charge in [0, 0.05) is 13.0 Å². The van der Waals surface area contributed by atoms with Gasteiger partial charge in [0.05, 0.1) is 6.20 Å². The minimum absolute atomic E-state index is 0.333. The van der Waals surface area contributed by atoms with Crippen LogP contribution in [0.2, 0.25) is 0 Å². The van der Waals surface area contributed by atoms with E-state index in [2.05, 4.69) is 22.1 Å². The van der Waals surface area contributed by atoms with Gasteiger partial charge in [-0.1, -0.05) is 5.92 Å². The molecule has 0 saturated heterocycles. The highest BCUT2D eigenvalue weighted by Crippen LogP contribution is 1.95. The van der Waals surface area contributed by atoms with Gasteiger partial charge in [-0.2, -0.15) is 0 Å². The van der Waals surface area contributed by atoms with Crippen molar-refractivity contribution >= 4 is 0 Å². The average molecular weight is 178 g/mol. The van der Waals surface area contributed by atoms with Gasteiger partial charge in [-0.05, 0) is 25.1 Å². The molecule has 1 N–H and O–H groups in total. The summed E-state index contributed by atoms with van der Waals surface area (Å²) in [6, 6.07) is 2.93. The van der Waals surface area contributed by atoms with Crippen LogP contribution in [0.25, 0.3) is 0 Å². The fourth-order valence-corrected chi connectivity index (χ4v) is 0.790. The molecule has 0 aliphatic carbocycles.